The molecule has 0 aliphatic carbocycles. The molecule has 0 unspecified atom stereocenters. The van der Waals surface area contributed by atoms with Crippen LogP contribution in [0.15, 0.2) is 36.4 Å². The molecule has 2 aromatic carbocycles. The molecule has 0 fully saturated rings. The molecule has 0 aliphatic heterocycles. The minimum absolute atomic E-state index is 0.0667. The van der Waals surface area contributed by atoms with E-state index >= 15 is 0 Å². The predicted molar refractivity (Wildman–Crippen MR) is 91.6 cm³/mol. The van der Waals surface area contributed by atoms with Gasteiger partial charge in [0.15, 0.2) is 12.4 Å². The molecule has 2 aromatic rings. The van der Waals surface area contributed by atoms with E-state index in [1.54, 1.807) is 0 Å². The van der Waals surface area contributed by atoms with Crippen molar-refractivity contribution >= 4 is 28.9 Å². The van der Waals surface area contributed by atoms with Gasteiger partial charge in [0.05, 0.1) is 28.6 Å². The van der Waals surface area contributed by atoms with Crippen LogP contribution >= 0.6 is 0 Å². The molecule has 0 spiro atoms. The van der Waals surface area contributed by atoms with Gasteiger partial charge in [0.2, 0.25) is 0 Å². The highest BCUT2D eigenvalue weighted by atomic mass is 19.1. The monoisotopic (exact) mass is 393 g/mol. The number of ether oxygens (including phenoxy) is 2. The summed E-state index contributed by atoms with van der Waals surface area (Å²) in [5, 5.41) is 24.0. The maximum Gasteiger partial charge on any atom is 0.338 e. The zero-order chi connectivity index (χ0) is 20.8. The number of hydrogen-bond donors (Lipinski definition) is 1. The molecule has 11 nitrogen and oxygen atoms in total. The number of rotatable bonds is 7. The van der Waals surface area contributed by atoms with Crippen LogP contribution in [0.3, 0.4) is 0 Å². The predicted octanol–water partition coefficient (Wildman–Crippen LogP) is 2.45. The molecule has 1 N–H and O–H groups in total. The van der Waals surface area contributed by atoms with Gasteiger partial charge in [-0.3, -0.25) is 25.0 Å². The summed E-state index contributed by atoms with van der Waals surface area (Å²) < 4.78 is 22.6. The number of amides is 1. The number of esters is 1. The van der Waals surface area contributed by atoms with E-state index in [2.05, 4.69) is 5.32 Å². The van der Waals surface area contributed by atoms with Crippen LogP contribution in [0, 0.1) is 26.0 Å². The van der Waals surface area contributed by atoms with Crippen LogP contribution in [-0.4, -0.2) is 35.4 Å². The Morgan fingerprint density at radius 2 is 1.75 bits per heavy atom. The zero-order valence-corrected chi connectivity index (χ0v) is 14.2. The number of halogens is 1. The number of benzene rings is 2. The van der Waals surface area contributed by atoms with Crippen LogP contribution in [-0.2, 0) is 9.53 Å². The highest BCUT2D eigenvalue weighted by molar-refractivity contribution is 5.97. The van der Waals surface area contributed by atoms with Crippen molar-refractivity contribution in [3.05, 3.63) is 68.0 Å². The molecule has 12 heteroatoms. The third kappa shape index (κ3) is 4.75. The molecule has 0 aromatic heterocycles. The number of methoxy groups -OCH3 is 1. The van der Waals surface area contributed by atoms with Crippen molar-refractivity contribution in [2.45, 2.75) is 0 Å². The van der Waals surface area contributed by atoms with E-state index in [0.717, 1.165) is 18.2 Å². The van der Waals surface area contributed by atoms with Gasteiger partial charge in [0.1, 0.15) is 11.5 Å². The van der Waals surface area contributed by atoms with Crippen LogP contribution in [0.1, 0.15) is 10.4 Å². The standard InChI is InChI=1S/C16H12FN3O8/c1-27-14-5-2-9(6-13(14)20(25)26)16(22)28-8-15(21)18-11-4-3-10(17)7-12(11)19(23)24/h2-7H,8H2,1H3,(H,18,21). The number of carbonyl (C=O) groups excluding carboxylic acids is 2. The van der Waals surface area contributed by atoms with Gasteiger partial charge in [-0.25, -0.2) is 9.18 Å². The Morgan fingerprint density at radius 3 is 2.36 bits per heavy atom. The summed E-state index contributed by atoms with van der Waals surface area (Å²) in [6.45, 7) is -0.826. The molecule has 0 saturated carbocycles. The fraction of sp³-hybridized carbons (Fsp3) is 0.125. The summed E-state index contributed by atoms with van der Waals surface area (Å²) in [6.07, 6.45) is 0. The molecule has 146 valence electrons. The van der Waals surface area contributed by atoms with Gasteiger partial charge in [-0.2, -0.15) is 0 Å². The van der Waals surface area contributed by atoms with Crippen molar-refractivity contribution in [1.82, 2.24) is 0 Å². The van der Waals surface area contributed by atoms with Crippen LogP contribution in [0.25, 0.3) is 0 Å². The minimum atomic E-state index is -1.03. The molecular weight excluding hydrogens is 381 g/mol. The highest BCUT2D eigenvalue weighted by Crippen LogP contribution is 2.28. The SMILES string of the molecule is COc1ccc(C(=O)OCC(=O)Nc2ccc(F)cc2[N+](=O)[O-])cc1[N+](=O)[O-]. The Kier molecular flexibility index (Phi) is 6.16. The number of nitrogens with one attached hydrogen (secondary N) is 1. The number of nitrogens with zero attached hydrogens (tertiary/aromatic N) is 2. The first-order valence-electron chi connectivity index (χ1n) is 7.46. The first kappa shape index (κ1) is 20.2. The van der Waals surface area contributed by atoms with E-state index < -0.39 is 45.5 Å². The molecule has 0 bridgehead atoms. The number of nitro groups is 2. The van der Waals surface area contributed by atoms with E-state index in [9.17, 15) is 34.2 Å². The molecule has 0 aliphatic rings. The van der Waals surface area contributed by atoms with E-state index in [1.807, 2.05) is 0 Å². The van der Waals surface area contributed by atoms with Gasteiger partial charge in [-0.05, 0) is 24.3 Å². The van der Waals surface area contributed by atoms with Crippen molar-refractivity contribution < 1.29 is 33.3 Å². The lowest BCUT2D eigenvalue weighted by Gasteiger charge is -2.08. The molecular formula is C16H12FN3O8. The summed E-state index contributed by atoms with van der Waals surface area (Å²) >= 11 is 0. The summed E-state index contributed by atoms with van der Waals surface area (Å²) in [4.78, 5) is 44.0. The first-order valence-corrected chi connectivity index (χ1v) is 7.46. The van der Waals surface area contributed by atoms with Gasteiger partial charge < -0.3 is 14.8 Å². The average Bonchev–Trinajstić information content (AvgIpc) is 2.66. The topological polar surface area (TPSA) is 151 Å². The summed E-state index contributed by atoms with van der Waals surface area (Å²) in [5.74, 6) is -2.89. The molecule has 0 saturated heterocycles. The minimum Gasteiger partial charge on any atom is -0.490 e. The Balaban J connectivity index is 2.05. The lowest BCUT2D eigenvalue weighted by molar-refractivity contribution is -0.385. The third-order valence-electron chi connectivity index (χ3n) is 3.38. The summed E-state index contributed by atoms with van der Waals surface area (Å²) in [6, 6.07) is 5.83. The van der Waals surface area contributed by atoms with Crippen LogP contribution in [0.5, 0.6) is 5.75 Å². The molecule has 0 heterocycles. The largest absolute Gasteiger partial charge is 0.490 e. The van der Waals surface area contributed by atoms with Crippen LogP contribution in [0.2, 0.25) is 0 Å². The van der Waals surface area contributed by atoms with E-state index in [4.69, 9.17) is 9.47 Å². The number of anilines is 1. The van der Waals surface area contributed by atoms with E-state index in [1.165, 1.54) is 19.2 Å². The first-order chi connectivity index (χ1) is 13.2. The Hall–Kier alpha value is -4.09. The second-order valence-corrected chi connectivity index (χ2v) is 5.19. The van der Waals surface area contributed by atoms with Crippen LogP contribution in [0.4, 0.5) is 21.5 Å². The number of nitro benzene ring substituents is 2. The summed E-state index contributed by atoms with van der Waals surface area (Å²) in [7, 11) is 1.22. The highest BCUT2D eigenvalue weighted by Gasteiger charge is 2.21. The van der Waals surface area contributed by atoms with Crippen molar-refractivity contribution in [3.8, 4) is 5.75 Å². The number of carbonyl (C=O) groups is 2. The van der Waals surface area contributed by atoms with Crippen molar-refractivity contribution in [2.75, 3.05) is 19.0 Å². The van der Waals surface area contributed by atoms with Gasteiger partial charge >= 0.3 is 11.7 Å². The fourth-order valence-corrected chi connectivity index (χ4v) is 2.12. The maximum atomic E-state index is 13.1. The Bertz CT molecular complexity index is 963. The maximum absolute atomic E-state index is 13.1. The van der Waals surface area contributed by atoms with Crippen molar-refractivity contribution in [2.24, 2.45) is 0 Å². The zero-order valence-electron chi connectivity index (χ0n) is 14.2. The van der Waals surface area contributed by atoms with Gasteiger partial charge in [0.25, 0.3) is 11.6 Å². The normalized spacial score (nSPS) is 10.1. The van der Waals surface area contributed by atoms with E-state index in [-0.39, 0.29) is 17.0 Å². The van der Waals surface area contributed by atoms with Gasteiger partial charge in [-0.15, -0.1) is 0 Å². The molecule has 0 atom stereocenters. The molecule has 1 amide bonds. The molecule has 0 radical (unpaired) electrons. The van der Waals surface area contributed by atoms with Crippen molar-refractivity contribution in [3.63, 3.8) is 0 Å². The second kappa shape index (κ2) is 8.53. The van der Waals surface area contributed by atoms with E-state index in [0.29, 0.717) is 6.07 Å². The Morgan fingerprint density at radius 1 is 1.07 bits per heavy atom. The quantitative estimate of drug-likeness (QED) is 0.428. The van der Waals surface area contributed by atoms with Gasteiger partial charge in [-0.1, -0.05) is 0 Å². The molecule has 28 heavy (non-hydrogen) atoms. The second-order valence-electron chi connectivity index (χ2n) is 5.19. The van der Waals surface area contributed by atoms with Crippen molar-refractivity contribution in [1.29, 1.82) is 0 Å². The van der Waals surface area contributed by atoms with Crippen LogP contribution < -0.4 is 10.1 Å². The smallest absolute Gasteiger partial charge is 0.338 e. The fourth-order valence-electron chi connectivity index (χ4n) is 2.12. The lowest BCUT2D eigenvalue weighted by Crippen LogP contribution is -2.21. The van der Waals surface area contributed by atoms with Gasteiger partial charge in [0, 0.05) is 6.07 Å². The average molecular weight is 393 g/mol. The third-order valence-corrected chi connectivity index (χ3v) is 3.38. The molecule has 2 rings (SSSR count). The summed E-state index contributed by atoms with van der Waals surface area (Å²) in [5.41, 5.74) is -1.63. The Labute approximate surface area is 156 Å². The lowest BCUT2D eigenvalue weighted by atomic mass is 10.2. The number of hydrogen-bond acceptors (Lipinski definition) is 8.